The summed E-state index contributed by atoms with van der Waals surface area (Å²) in [5.41, 5.74) is -0.450. The third-order valence-electron chi connectivity index (χ3n) is 3.11. The van der Waals surface area contributed by atoms with Gasteiger partial charge in [0, 0.05) is 6.04 Å². The van der Waals surface area contributed by atoms with Gasteiger partial charge < -0.3 is 19.9 Å². The number of nitrogens with one attached hydrogen (secondary N) is 1. The normalized spacial score (nSPS) is 33.9. The Hall–Kier alpha value is -0.160. The van der Waals surface area contributed by atoms with E-state index in [1.165, 1.54) is 0 Å². The Morgan fingerprint density at radius 1 is 1.29 bits per heavy atom. The second-order valence-electron chi connectivity index (χ2n) is 5.63. The lowest BCUT2D eigenvalue weighted by Crippen LogP contribution is -2.57. The summed E-state index contributed by atoms with van der Waals surface area (Å²) in [7, 11) is 0. The van der Waals surface area contributed by atoms with Gasteiger partial charge in [-0.3, -0.25) is 0 Å². The topological polar surface area (TPSA) is 50.7 Å². The summed E-state index contributed by atoms with van der Waals surface area (Å²) in [6, 6.07) is 0.349. The molecule has 4 nitrogen and oxygen atoms in total. The lowest BCUT2D eigenvalue weighted by Gasteiger charge is -2.35. The minimum Gasteiger partial charge on any atom is -0.394 e. The van der Waals surface area contributed by atoms with Gasteiger partial charge in [-0.05, 0) is 41.0 Å². The molecule has 0 radical (unpaired) electrons. The number of hydrogen-bond acceptors (Lipinski definition) is 4. The van der Waals surface area contributed by atoms with Crippen molar-refractivity contribution in [3.63, 3.8) is 0 Å². The lowest BCUT2D eigenvalue weighted by molar-refractivity contribution is -0.0808. The van der Waals surface area contributed by atoms with Crippen molar-refractivity contribution in [3.05, 3.63) is 0 Å². The quantitative estimate of drug-likeness (QED) is 0.741. The van der Waals surface area contributed by atoms with Gasteiger partial charge in [-0.15, -0.1) is 0 Å². The average Bonchev–Trinajstić information content (AvgIpc) is 2.52. The Morgan fingerprint density at radius 2 is 1.94 bits per heavy atom. The maximum Gasteiger partial charge on any atom is 0.0918 e. The van der Waals surface area contributed by atoms with Gasteiger partial charge in [-0.2, -0.15) is 0 Å². The molecule has 102 valence electrons. The van der Waals surface area contributed by atoms with Crippen LogP contribution in [0.3, 0.4) is 0 Å². The summed E-state index contributed by atoms with van der Waals surface area (Å²) < 4.78 is 11.6. The van der Waals surface area contributed by atoms with Crippen LogP contribution in [0.1, 0.15) is 41.0 Å². The monoisotopic (exact) mass is 245 g/mol. The van der Waals surface area contributed by atoms with Crippen LogP contribution in [-0.4, -0.2) is 48.2 Å². The molecule has 4 heteroatoms. The van der Waals surface area contributed by atoms with Crippen molar-refractivity contribution in [1.82, 2.24) is 5.32 Å². The van der Waals surface area contributed by atoms with Crippen LogP contribution in [0.2, 0.25) is 0 Å². The molecule has 2 N–H and O–H groups in total. The molecule has 0 amide bonds. The van der Waals surface area contributed by atoms with Gasteiger partial charge in [-0.1, -0.05) is 0 Å². The molecule has 1 saturated heterocycles. The molecular weight excluding hydrogens is 218 g/mol. The van der Waals surface area contributed by atoms with Crippen LogP contribution in [0.15, 0.2) is 0 Å². The number of hydrogen-bond donors (Lipinski definition) is 2. The maximum absolute atomic E-state index is 9.71. The molecule has 1 aliphatic rings. The minimum absolute atomic E-state index is 0.0150. The van der Waals surface area contributed by atoms with Crippen LogP contribution in [-0.2, 0) is 9.47 Å². The fraction of sp³-hybridized carbons (Fsp3) is 1.00. The van der Waals surface area contributed by atoms with Crippen LogP contribution in [0.5, 0.6) is 0 Å². The zero-order chi connectivity index (χ0) is 13.1. The SMILES string of the molecule is CC1CC(OC(C)C)[C@@](CO)(COC(C)C)N1. The molecule has 0 aromatic carbocycles. The van der Waals surface area contributed by atoms with Crippen LogP contribution < -0.4 is 5.32 Å². The molecule has 0 aliphatic carbocycles. The fourth-order valence-corrected chi connectivity index (χ4v) is 2.35. The lowest BCUT2D eigenvalue weighted by atomic mass is 9.96. The summed E-state index contributed by atoms with van der Waals surface area (Å²) in [6.45, 7) is 10.7. The summed E-state index contributed by atoms with van der Waals surface area (Å²) in [4.78, 5) is 0. The maximum atomic E-state index is 9.71. The largest absolute Gasteiger partial charge is 0.394 e. The van der Waals surface area contributed by atoms with Gasteiger partial charge in [-0.25, -0.2) is 0 Å². The first-order valence-corrected chi connectivity index (χ1v) is 6.55. The summed E-state index contributed by atoms with van der Waals surface area (Å²) in [5.74, 6) is 0. The molecule has 0 aromatic rings. The van der Waals surface area contributed by atoms with E-state index in [1.807, 2.05) is 27.7 Å². The molecular formula is C13H27NO3. The van der Waals surface area contributed by atoms with Gasteiger partial charge in [0.1, 0.15) is 0 Å². The number of aliphatic hydroxyl groups is 1. The van der Waals surface area contributed by atoms with E-state index in [0.717, 1.165) is 6.42 Å². The Labute approximate surface area is 105 Å². The van der Waals surface area contributed by atoms with E-state index < -0.39 is 5.54 Å². The molecule has 2 unspecified atom stereocenters. The third kappa shape index (κ3) is 3.91. The Balaban J connectivity index is 2.70. The van der Waals surface area contributed by atoms with E-state index in [0.29, 0.717) is 12.6 Å². The molecule has 0 spiro atoms. The Bertz CT molecular complexity index is 233. The second-order valence-corrected chi connectivity index (χ2v) is 5.63. The van der Waals surface area contributed by atoms with E-state index in [4.69, 9.17) is 9.47 Å². The highest BCUT2D eigenvalue weighted by Gasteiger charge is 2.46. The minimum atomic E-state index is -0.450. The zero-order valence-electron chi connectivity index (χ0n) is 11.7. The summed E-state index contributed by atoms with van der Waals surface area (Å²) in [6.07, 6.45) is 1.26. The molecule has 1 heterocycles. The summed E-state index contributed by atoms with van der Waals surface area (Å²) in [5, 5.41) is 13.1. The van der Waals surface area contributed by atoms with Crippen molar-refractivity contribution < 1.29 is 14.6 Å². The van der Waals surface area contributed by atoms with Crippen molar-refractivity contribution in [2.45, 2.75) is 70.9 Å². The highest BCUT2D eigenvalue weighted by atomic mass is 16.5. The first-order valence-electron chi connectivity index (χ1n) is 6.55. The van der Waals surface area contributed by atoms with Crippen molar-refractivity contribution in [1.29, 1.82) is 0 Å². The van der Waals surface area contributed by atoms with Gasteiger partial charge >= 0.3 is 0 Å². The number of ether oxygens (including phenoxy) is 2. The molecule has 1 fully saturated rings. The number of aliphatic hydroxyl groups excluding tert-OH is 1. The first kappa shape index (κ1) is 14.9. The fourth-order valence-electron chi connectivity index (χ4n) is 2.35. The predicted octanol–water partition coefficient (Wildman–Crippen LogP) is 1.32. The molecule has 17 heavy (non-hydrogen) atoms. The third-order valence-corrected chi connectivity index (χ3v) is 3.11. The van der Waals surface area contributed by atoms with Crippen molar-refractivity contribution in [3.8, 4) is 0 Å². The van der Waals surface area contributed by atoms with Gasteiger partial charge in [0.15, 0.2) is 0 Å². The van der Waals surface area contributed by atoms with Crippen molar-refractivity contribution >= 4 is 0 Å². The number of rotatable bonds is 6. The van der Waals surface area contributed by atoms with E-state index in [9.17, 15) is 5.11 Å². The molecule has 1 aliphatic heterocycles. The summed E-state index contributed by atoms with van der Waals surface area (Å²) >= 11 is 0. The highest BCUT2D eigenvalue weighted by Crippen LogP contribution is 2.28. The molecule has 1 rings (SSSR count). The molecule has 0 aromatic heterocycles. The van der Waals surface area contributed by atoms with E-state index in [-0.39, 0.29) is 24.9 Å². The first-order chi connectivity index (χ1) is 7.89. The van der Waals surface area contributed by atoms with Gasteiger partial charge in [0.2, 0.25) is 0 Å². The zero-order valence-corrected chi connectivity index (χ0v) is 11.7. The molecule has 0 bridgehead atoms. The van der Waals surface area contributed by atoms with Crippen LogP contribution in [0.4, 0.5) is 0 Å². The average molecular weight is 245 g/mol. The molecule has 0 saturated carbocycles. The predicted molar refractivity (Wildman–Crippen MR) is 68.1 cm³/mol. The van der Waals surface area contributed by atoms with Crippen LogP contribution >= 0.6 is 0 Å². The Morgan fingerprint density at radius 3 is 2.41 bits per heavy atom. The standard InChI is InChI=1S/C13H27NO3/c1-9(2)16-8-13(7-15)12(17-10(3)4)6-11(5)14-13/h9-12,14-15H,6-8H2,1-5H3/t11?,12?,13-/m1/s1. The van der Waals surface area contributed by atoms with Crippen molar-refractivity contribution in [2.24, 2.45) is 0 Å². The smallest absolute Gasteiger partial charge is 0.0918 e. The highest BCUT2D eigenvalue weighted by molar-refractivity contribution is 5.04. The van der Waals surface area contributed by atoms with E-state index in [1.54, 1.807) is 0 Å². The van der Waals surface area contributed by atoms with Gasteiger partial charge in [0.05, 0.1) is 37.1 Å². The second kappa shape index (κ2) is 6.14. The van der Waals surface area contributed by atoms with Crippen LogP contribution in [0.25, 0.3) is 0 Å². The van der Waals surface area contributed by atoms with Crippen molar-refractivity contribution in [2.75, 3.05) is 13.2 Å². The molecule has 3 atom stereocenters. The Kier molecular flexibility index (Phi) is 5.38. The van der Waals surface area contributed by atoms with E-state index in [2.05, 4.69) is 12.2 Å². The van der Waals surface area contributed by atoms with Crippen LogP contribution in [0, 0.1) is 0 Å². The van der Waals surface area contributed by atoms with E-state index >= 15 is 0 Å². The van der Waals surface area contributed by atoms with Gasteiger partial charge in [0.25, 0.3) is 0 Å².